The largest absolute Gasteiger partial charge is 0.401 e. The Balaban J connectivity index is 1.31. The first-order valence-electron chi connectivity index (χ1n) is 16.5. The molecule has 0 heterocycles. The Morgan fingerprint density at radius 2 is 1.35 bits per heavy atom. The van der Waals surface area contributed by atoms with Crippen LogP contribution in [0.1, 0.15) is 59.3 Å². The number of hydrogen-bond acceptors (Lipinski definition) is 3. The summed E-state index contributed by atoms with van der Waals surface area (Å²) in [7, 11) is -2.83. The van der Waals surface area contributed by atoms with Crippen LogP contribution in [0.15, 0.2) is 103 Å². The van der Waals surface area contributed by atoms with E-state index in [1.165, 1.54) is 27.6 Å². The Hall–Kier alpha value is -2.79. The van der Waals surface area contributed by atoms with Gasteiger partial charge in [0.1, 0.15) is 0 Å². The fourth-order valence-corrected chi connectivity index (χ4v) is 14.8. The molecule has 1 N–H and O–H groups in total. The van der Waals surface area contributed by atoms with Crippen molar-refractivity contribution >= 4 is 29.7 Å². The van der Waals surface area contributed by atoms with Gasteiger partial charge < -0.3 is 9.53 Å². The van der Waals surface area contributed by atoms with E-state index in [0.29, 0.717) is 30.1 Å². The molecule has 0 aliphatic heterocycles. The van der Waals surface area contributed by atoms with Crippen LogP contribution in [-0.2, 0) is 9.22 Å². The molecule has 4 aliphatic carbocycles. The molecule has 224 valence electrons. The van der Waals surface area contributed by atoms with Crippen molar-refractivity contribution < 1.29 is 14.3 Å². The number of benzene rings is 3. The lowest BCUT2D eigenvalue weighted by molar-refractivity contribution is -0.132. The summed E-state index contributed by atoms with van der Waals surface area (Å²) in [6.07, 6.45) is 8.03. The molecule has 0 bridgehead atoms. The van der Waals surface area contributed by atoms with Gasteiger partial charge in [0.2, 0.25) is 0 Å². The summed E-state index contributed by atoms with van der Waals surface area (Å²) in [5.74, 6) is 2.44. The van der Waals surface area contributed by atoms with Crippen molar-refractivity contribution in [3.05, 3.63) is 103 Å². The predicted molar refractivity (Wildman–Crippen MR) is 176 cm³/mol. The molecule has 43 heavy (non-hydrogen) atoms. The van der Waals surface area contributed by atoms with Gasteiger partial charge in [-0.1, -0.05) is 117 Å². The number of carbonyl (C=O) groups is 1. The molecular weight excluding hydrogens is 545 g/mol. The molecule has 3 unspecified atom stereocenters. The average molecular weight is 591 g/mol. The van der Waals surface area contributed by atoms with Gasteiger partial charge in [0.15, 0.2) is 5.78 Å². The number of carbonyl (C=O) groups excluding carboxylic acids is 1. The zero-order chi connectivity index (χ0) is 29.8. The van der Waals surface area contributed by atoms with Gasteiger partial charge in [-0.2, -0.15) is 0 Å². The SMILES string of the molecule is CC1CC2=CC(=O)CC(C)[C@]2(CO)[C@@H]2CC[C@]3(C)C(O[Si](c4ccccc4)(c4ccccc4)c4ccccc4)CC[C@H]3[C@H]12. The number of aliphatic hydroxyl groups is 1. The highest BCUT2D eigenvalue weighted by Gasteiger charge is 2.64. The maximum Gasteiger partial charge on any atom is 0.288 e. The first kappa shape index (κ1) is 28.9. The Morgan fingerprint density at radius 1 is 0.791 bits per heavy atom. The van der Waals surface area contributed by atoms with Gasteiger partial charge in [-0.25, -0.2) is 0 Å². The van der Waals surface area contributed by atoms with Crippen LogP contribution >= 0.6 is 0 Å². The third kappa shape index (κ3) is 4.31. The number of aliphatic hydroxyl groups excluding tert-OH is 1. The third-order valence-corrected chi connectivity index (χ3v) is 16.6. The van der Waals surface area contributed by atoms with E-state index >= 15 is 0 Å². The summed E-state index contributed by atoms with van der Waals surface area (Å²) in [5, 5.41) is 15.0. The Morgan fingerprint density at radius 3 is 1.88 bits per heavy atom. The van der Waals surface area contributed by atoms with Crippen molar-refractivity contribution in [2.24, 2.45) is 40.4 Å². The lowest BCUT2D eigenvalue weighted by Gasteiger charge is -2.62. The van der Waals surface area contributed by atoms with Gasteiger partial charge in [0, 0.05) is 11.8 Å². The molecule has 0 radical (unpaired) electrons. The second kappa shape index (κ2) is 11.0. The molecule has 3 fully saturated rings. The van der Waals surface area contributed by atoms with E-state index in [-0.39, 0.29) is 35.2 Å². The van der Waals surface area contributed by atoms with E-state index in [1.54, 1.807) is 0 Å². The van der Waals surface area contributed by atoms with E-state index in [2.05, 4.69) is 112 Å². The van der Waals surface area contributed by atoms with Crippen LogP contribution in [0.3, 0.4) is 0 Å². The lowest BCUT2D eigenvalue weighted by atomic mass is 9.43. The van der Waals surface area contributed by atoms with E-state index in [4.69, 9.17) is 4.43 Å². The molecule has 0 aromatic heterocycles. The molecule has 7 rings (SSSR count). The fourth-order valence-electron chi connectivity index (χ4n) is 10.6. The summed E-state index contributed by atoms with van der Waals surface area (Å²) in [5.41, 5.74) is 1.06. The van der Waals surface area contributed by atoms with Gasteiger partial charge in [0.25, 0.3) is 8.32 Å². The normalized spacial score (nSPS) is 35.4. The first-order chi connectivity index (χ1) is 20.8. The Bertz CT molecular complexity index is 1390. The minimum atomic E-state index is -2.83. The highest BCUT2D eigenvalue weighted by Crippen LogP contribution is 2.68. The van der Waals surface area contributed by atoms with Gasteiger partial charge in [-0.15, -0.1) is 0 Å². The second-order valence-electron chi connectivity index (χ2n) is 14.4. The van der Waals surface area contributed by atoms with Gasteiger partial charge in [-0.05, 0) is 88.7 Å². The number of fused-ring (bicyclic) bond motifs is 5. The maximum absolute atomic E-state index is 12.6. The lowest BCUT2D eigenvalue weighted by Crippen LogP contribution is -2.71. The zero-order valence-electron chi connectivity index (χ0n) is 25.9. The molecular formula is C39H46O3Si. The van der Waals surface area contributed by atoms with Gasteiger partial charge in [0.05, 0.1) is 12.7 Å². The molecule has 0 spiro atoms. The molecule has 3 aromatic rings. The Labute approximate surface area is 258 Å². The summed E-state index contributed by atoms with van der Waals surface area (Å²) in [6.45, 7) is 7.34. The molecule has 0 amide bonds. The zero-order valence-corrected chi connectivity index (χ0v) is 26.9. The van der Waals surface area contributed by atoms with Crippen LogP contribution in [0.4, 0.5) is 0 Å². The van der Waals surface area contributed by atoms with Crippen molar-refractivity contribution in [1.29, 1.82) is 0 Å². The van der Waals surface area contributed by atoms with Crippen LogP contribution in [-0.4, -0.2) is 31.9 Å². The average Bonchev–Trinajstić information content (AvgIpc) is 3.36. The van der Waals surface area contributed by atoms with Crippen molar-refractivity contribution in [2.75, 3.05) is 6.61 Å². The van der Waals surface area contributed by atoms with Crippen LogP contribution in [0, 0.1) is 40.4 Å². The summed E-state index contributed by atoms with van der Waals surface area (Å²) >= 11 is 0. The Kier molecular flexibility index (Phi) is 7.39. The summed E-state index contributed by atoms with van der Waals surface area (Å²) in [4.78, 5) is 12.6. The van der Waals surface area contributed by atoms with Gasteiger partial charge >= 0.3 is 0 Å². The highest BCUT2D eigenvalue weighted by atomic mass is 28.4. The van der Waals surface area contributed by atoms with Crippen LogP contribution < -0.4 is 15.6 Å². The van der Waals surface area contributed by atoms with E-state index in [9.17, 15) is 9.90 Å². The number of ketones is 1. The standard InChI is InChI=1S/C39H46O3Si/c1-27-23-29-25-30(41)24-28(2)39(29,26-40)35-21-22-38(3)34(37(27)35)19-20-36(38)42-43(31-13-7-4-8-14-31,32-15-9-5-10-16-32)33-17-11-6-12-18-33/h4-18,25,27-28,34-37,40H,19-24,26H2,1-3H3/t27?,28?,34-,35+,36?,37-,38-,39-/m0/s1. The monoisotopic (exact) mass is 590 g/mol. The second-order valence-corrected chi connectivity index (χ2v) is 17.7. The number of rotatable bonds is 6. The molecule has 0 saturated heterocycles. The predicted octanol–water partition coefficient (Wildman–Crippen LogP) is 6.04. The third-order valence-electron chi connectivity index (χ3n) is 12.5. The van der Waals surface area contributed by atoms with Crippen molar-refractivity contribution in [3.63, 3.8) is 0 Å². The van der Waals surface area contributed by atoms with Gasteiger partial charge in [-0.3, -0.25) is 4.79 Å². The smallest absolute Gasteiger partial charge is 0.288 e. The quantitative estimate of drug-likeness (QED) is 0.282. The van der Waals surface area contributed by atoms with E-state index in [1.807, 2.05) is 6.08 Å². The molecule has 3 nitrogen and oxygen atoms in total. The van der Waals surface area contributed by atoms with Crippen LogP contribution in [0.5, 0.6) is 0 Å². The van der Waals surface area contributed by atoms with E-state index < -0.39 is 8.32 Å². The molecule has 3 aromatic carbocycles. The molecule has 3 saturated carbocycles. The number of hydrogen-bond donors (Lipinski definition) is 1. The van der Waals surface area contributed by atoms with Crippen LogP contribution in [0.25, 0.3) is 0 Å². The van der Waals surface area contributed by atoms with Crippen molar-refractivity contribution in [1.82, 2.24) is 0 Å². The first-order valence-corrected chi connectivity index (χ1v) is 18.4. The molecule has 8 atom stereocenters. The summed E-state index contributed by atoms with van der Waals surface area (Å²) < 4.78 is 7.87. The fraction of sp³-hybridized carbons (Fsp3) is 0.462. The van der Waals surface area contributed by atoms with Crippen LogP contribution in [0.2, 0.25) is 0 Å². The molecule has 4 aliphatic rings. The highest BCUT2D eigenvalue weighted by molar-refractivity contribution is 7.07. The topological polar surface area (TPSA) is 46.5 Å². The van der Waals surface area contributed by atoms with E-state index in [0.717, 1.165) is 25.7 Å². The van der Waals surface area contributed by atoms with Crippen molar-refractivity contribution in [2.45, 2.75) is 65.4 Å². The maximum atomic E-state index is 12.6. The minimum absolute atomic E-state index is 0.0671. The van der Waals surface area contributed by atoms with Crippen molar-refractivity contribution in [3.8, 4) is 0 Å². The summed E-state index contributed by atoms with van der Waals surface area (Å²) in [6, 6.07) is 33.0. The minimum Gasteiger partial charge on any atom is -0.401 e. The molecule has 4 heteroatoms.